The minimum Gasteiger partial charge on any atom is -0.494 e. The summed E-state index contributed by atoms with van der Waals surface area (Å²) in [6, 6.07) is 12.2. The second kappa shape index (κ2) is 8.65. The van der Waals surface area contributed by atoms with Crippen molar-refractivity contribution in [1.82, 2.24) is 10.1 Å². The van der Waals surface area contributed by atoms with Crippen LogP contribution in [0.25, 0.3) is 11.5 Å². The van der Waals surface area contributed by atoms with Crippen LogP contribution in [0.4, 0.5) is 10.1 Å². The molecule has 1 aliphatic rings. The predicted molar refractivity (Wildman–Crippen MR) is 111 cm³/mol. The Bertz CT molecular complexity index is 1030. The zero-order valence-electron chi connectivity index (χ0n) is 17.1. The highest BCUT2D eigenvalue weighted by atomic mass is 19.1. The van der Waals surface area contributed by atoms with E-state index in [4.69, 9.17) is 9.26 Å². The summed E-state index contributed by atoms with van der Waals surface area (Å²) in [7, 11) is 0. The van der Waals surface area contributed by atoms with Gasteiger partial charge in [0.15, 0.2) is 5.82 Å². The van der Waals surface area contributed by atoms with Gasteiger partial charge in [0.1, 0.15) is 11.6 Å². The lowest BCUT2D eigenvalue weighted by Crippen LogP contribution is -2.24. The molecule has 4 rings (SSSR count). The maximum Gasteiger partial charge on any atom is 0.257 e. The molecule has 1 aromatic heterocycles. The molecule has 1 atom stereocenters. The third-order valence-electron chi connectivity index (χ3n) is 5.25. The largest absolute Gasteiger partial charge is 0.494 e. The number of benzene rings is 2. The van der Waals surface area contributed by atoms with E-state index in [1.54, 1.807) is 24.0 Å². The number of aryl methyl sites for hydroxylation is 1. The monoisotopic (exact) mass is 409 g/mol. The number of unbranched alkanes of at least 4 members (excludes halogenated alkanes) is 1. The van der Waals surface area contributed by atoms with Crippen molar-refractivity contribution in [2.45, 2.75) is 39.0 Å². The maximum atomic E-state index is 13.5. The van der Waals surface area contributed by atoms with E-state index in [-0.39, 0.29) is 17.6 Å². The molecule has 0 saturated carbocycles. The number of hydrogen-bond acceptors (Lipinski definition) is 5. The number of nitrogens with zero attached hydrogens (tertiary/aromatic N) is 3. The smallest absolute Gasteiger partial charge is 0.257 e. The molecule has 0 N–H and O–H groups in total. The van der Waals surface area contributed by atoms with Crippen LogP contribution >= 0.6 is 0 Å². The van der Waals surface area contributed by atoms with Crippen molar-refractivity contribution in [3.63, 3.8) is 0 Å². The number of ether oxygens (including phenoxy) is 1. The lowest BCUT2D eigenvalue weighted by Gasteiger charge is -2.16. The molecule has 6 nitrogen and oxygen atoms in total. The fourth-order valence-electron chi connectivity index (χ4n) is 3.47. The molecular weight excluding hydrogens is 385 g/mol. The summed E-state index contributed by atoms with van der Waals surface area (Å²) in [5.74, 6) is 1.23. The van der Waals surface area contributed by atoms with Crippen molar-refractivity contribution in [1.29, 1.82) is 0 Å². The van der Waals surface area contributed by atoms with Crippen molar-refractivity contribution < 1.29 is 18.4 Å². The van der Waals surface area contributed by atoms with Crippen LogP contribution in [0.15, 0.2) is 47.0 Å². The topological polar surface area (TPSA) is 68.5 Å². The molecule has 0 spiro atoms. The first-order valence-corrected chi connectivity index (χ1v) is 10.2. The van der Waals surface area contributed by atoms with Gasteiger partial charge in [-0.2, -0.15) is 4.98 Å². The van der Waals surface area contributed by atoms with E-state index >= 15 is 0 Å². The molecule has 0 bridgehead atoms. The highest BCUT2D eigenvalue weighted by molar-refractivity contribution is 5.96. The van der Waals surface area contributed by atoms with E-state index in [9.17, 15) is 9.18 Å². The van der Waals surface area contributed by atoms with Crippen LogP contribution in [0, 0.1) is 12.7 Å². The van der Waals surface area contributed by atoms with Crippen molar-refractivity contribution in [3.05, 3.63) is 59.7 Å². The standard InChI is InChI=1S/C23H24FN3O3/c1-3-4-11-29-19-8-5-16(6-9-19)23-25-22(26-30-23)17-13-21(28)27(14-17)18-7-10-20(24)15(2)12-18/h5-10,12,17H,3-4,11,13-14H2,1-2H3. The van der Waals surface area contributed by atoms with Crippen LogP contribution < -0.4 is 9.64 Å². The van der Waals surface area contributed by atoms with Gasteiger partial charge in [0.25, 0.3) is 5.89 Å². The van der Waals surface area contributed by atoms with E-state index in [1.165, 1.54) is 6.07 Å². The van der Waals surface area contributed by atoms with Crippen LogP contribution in [-0.2, 0) is 4.79 Å². The molecule has 0 radical (unpaired) electrons. The lowest BCUT2D eigenvalue weighted by molar-refractivity contribution is -0.117. The van der Waals surface area contributed by atoms with Crippen molar-refractivity contribution in [2.75, 3.05) is 18.1 Å². The molecule has 1 unspecified atom stereocenters. The van der Waals surface area contributed by atoms with Gasteiger partial charge in [0, 0.05) is 30.1 Å². The molecule has 1 fully saturated rings. The molecule has 0 aliphatic carbocycles. The SMILES string of the molecule is CCCCOc1ccc(-c2nc(C3CC(=O)N(c4ccc(F)c(C)c4)C3)no2)cc1. The van der Waals surface area contributed by atoms with Gasteiger partial charge in [-0.1, -0.05) is 18.5 Å². The molecule has 30 heavy (non-hydrogen) atoms. The fraction of sp³-hybridized carbons (Fsp3) is 0.348. The summed E-state index contributed by atoms with van der Waals surface area (Å²) in [4.78, 5) is 18.7. The molecule has 2 aromatic carbocycles. The minimum atomic E-state index is -0.286. The number of carbonyl (C=O) groups is 1. The number of halogens is 1. The summed E-state index contributed by atoms with van der Waals surface area (Å²) in [6.45, 7) is 4.94. The Morgan fingerprint density at radius 2 is 2.03 bits per heavy atom. The molecule has 3 aromatic rings. The first-order valence-electron chi connectivity index (χ1n) is 10.2. The molecule has 2 heterocycles. The molecular formula is C23H24FN3O3. The molecule has 1 amide bonds. The van der Waals surface area contributed by atoms with Gasteiger partial charge in [-0.15, -0.1) is 0 Å². The van der Waals surface area contributed by atoms with Crippen LogP contribution in [0.5, 0.6) is 5.75 Å². The van der Waals surface area contributed by atoms with Crippen LogP contribution in [-0.4, -0.2) is 29.2 Å². The van der Waals surface area contributed by atoms with Gasteiger partial charge in [0.05, 0.1) is 6.61 Å². The number of carbonyl (C=O) groups excluding carboxylic acids is 1. The minimum absolute atomic E-state index is 0.0362. The van der Waals surface area contributed by atoms with E-state index < -0.39 is 0 Å². The molecule has 1 aliphatic heterocycles. The zero-order valence-corrected chi connectivity index (χ0v) is 17.1. The van der Waals surface area contributed by atoms with Gasteiger partial charge < -0.3 is 14.2 Å². The van der Waals surface area contributed by atoms with E-state index in [1.807, 2.05) is 24.3 Å². The highest BCUT2D eigenvalue weighted by Crippen LogP contribution is 2.32. The summed E-state index contributed by atoms with van der Waals surface area (Å²) in [6.07, 6.45) is 2.40. The Balaban J connectivity index is 1.45. The van der Waals surface area contributed by atoms with Gasteiger partial charge in [-0.3, -0.25) is 4.79 Å². The number of rotatable bonds is 7. The van der Waals surface area contributed by atoms with Crippen molar-refractivity contribution >= 4 is 11.6 Å². The quantitative estimate of drug-likeness (QED) is 0.520. The average Bonchev–Trinajstić information content (AvgIpc) is 3.38. The van der Waals surface area contributed by atoms with Crippen LogP contribution in [0.1, 0.15) is 43.5 Å². The van der Waals surface area contributed by atoms with Gasteiger partial charge in [-0.05, 0) is 61.4 Å². The van der Waals surface area contributed by atoms with Gasteiger partial charge >= 0.3 is 0 Å². The fourth-order valence-corrected chi connectivity index (χ4v) is 3.47. The highest BCUT2D eigenvalue weighted by Gasteiger charge is 2.34. The van der Waals surface area contributed by atoms with E-state index in [2.05, 4.69) is 17.1 Å². The Kier molecular flexibility index (Phi) is 5.79. The maximum absolute atomic E-state index is 13.5. The molecule has 1 saturated heterocycles. The summed E-state index contributed by atoms with van der Waals surface area (Å²) >= 11 is 0. The molecule has 7 heteroatoms. The van der Waals surface area contributed by atoms with Crippen molar-refractivity contribution in [3.8, 4) is 17.2 Å². The third kappa shape index (κ3) is 4.20. The van der Waals surface area contributed by atoms with Gasteiger partial charge in [0.2, 0.25) is 5.91 Å². The third-order valence-corrected chi connectivity index (χ3v) is 5.25. The number of aromatic nitrogens is 2. The second-order valence-corrected chi connectivity index (χ2v) is 7.52. The summed E-state index contributed by atoms with van der Waals surface area (Å²) < 4.78 is 24.7. The van der Waals surface area contributed by atoms with Gasteiger partial charge in [-0.25, -0.2) is 4.39 Å². The van der Waals surface area contributed by atoms with E-state index in [0.717, 1.165) is 24.2 Å². The Labute approximate surface area is 174 Å². The second-order valence-electron chi connectivity index (χ2n) is 7.52. The number of hydrogen-bond donors (Lipinski definition) is 0. The summed E-state index contributed by atoms with van der Waals surface area (Å²) in [5, 5.41) is 4.10. The normalized spacial score (nSPS) is 16.3. The number of anilines is 1. The number of amides is 1. The average molecular weight is 409 g/mol. The predicted octanol–water partition coefficient (Wildman–Crippen LogP) is 4.88. The zero-order chi connectivity index (χ0) is 21.1. The Morgan fingerprint density at radius 1 is 1.23 bits per heavy atom. The Hall–Kier alpha value is -3.22. The lowest BCUT2D eigenvalue weighted by atomic mass is 10.1. The Morgan fingerprint density at radius 3 is 2.77 bits per heavy atom. The summed E-state index contributed by atoms with van der Waals surface area (Å²) in [5.41, 5.74) is 1.99. The first-order chi connectivity index (χ1) is 14.5. The van der Waals surface area contributed by atoms with Crippen LogP contribution in [0.3, 0.4) is 0 Å². The van der Waals surface area contributed by atoms with Crippen molar-refractivity contribution in [2.24, 2.45) is 0 Å². The van der Waals surface area contributed by atoms with Crippen LogP contribution in [0.2, 0.25) is 0 Å². The first kappa shape index (κ1) is 20.1. The van der Waals surface area contributed by atoms with E-state index in [0.29, 0.717) is 42.5 Å². The molecule has 156 valence electrons.